The number of carbonyl (C=O) groups excluding carboxylic acids is 1. The van der Waals surface area contributed by atoms with Crippen LogP contribution in [0, 0.1) is 11.8 Å². The first-order valence-electron chi connectivity index (χ1n) is 13.4. The number of phenolic OH excluding ortho intramolecular Hbond substituents is 1. The first-order valence-corrected chi connectivity index (χ1v) is 13.4. The number of unbranched alkanes of at least 4 members (excludes halogenated alkanes) is 1. The van der Waals surface area contributed by atoms with Crippen LogP contribution in [0.2, 0.25) is 0 Å². The summed E-state index contributed by atoms with van der Waals surface area (Å²) < 4.78 is 11.8. The molecule has 1 N–H and O–H groups in total. The topological polar surface area (TPSA) is 55.8 Å². The summed E-state index contributed by atoms with van der Waals surface area (Å²) in [6.07, 6.45) is 19.1. The molecular weight excluding hydrogens is 424 g/mol. The molecule has 4 nitrogen and oxygen atoms in total. The van der Waals surface area contributed by atoms with Gasteiger partial charge in [0.25, 0.3) is 0 Å². The van der Waals surface area contributed by atoms with Gasteiger partial charge in [-0.2, -0.15) is 0 Å². The van der Waals surface area contributed by atoms with Crippen molar-refractivity contribution in [1.29, 1.82) is 0 Å². The molecule has 0 radical (unpaired) electrons. The number of rotatable bonds is 13. The molecule has 34 heavy (non-hydrogen) atoms. The lowest BCUT2D eigenvalue weighted by atomic mass is 9.75. The number of hydrogen-bond acceptors (Lipinski definition) is 4. The summed E-state index contributed by atoms with van der Waals surface area (Å²) in [5.41, 5.74) is 2.01. The van der Waals surface area contributed by atoms with Gasteiger partial charge in [-0.05, 0) is 93.2 Å². The summed E-state index contributed by atoms with van der Waals surface area (Å²) in [5, 5.41) is 11.4. The van der Waals surface area contributed by atoms with Gasteiger partial charge in [-0.15, -0.1) is 0 Å². The molecule has 0 heterocycles. The first kappa shape index (κ1) is 26.5. The molecule has 3 atom stereocenters. The molecule has 2 aliphatic rings. The summed E-state index contributed by atoms with van der Waals surface area (Å²) >= 11 is 0. The molecule has 0 unspecified atom stereocenters. The standard InChI is InChI=1S/C30H44O4/c1-4-5-6-12-25(31)16-15-23-20-28(30(32)29(21-23)34-26-13-7-8-14-26)27(17-18-33-3)24-11-9-10-22(2)19-24/h6,9,11-12,20-22,24,26-27,32H,4-5,7-8,10,13-19H2,1-3H3/t22-,24+,27-/m1/s1. The molecule has 0 aliphatic heterocycles. The third-order valence-electron chi connectivity index (χ3n) is 7.32. The van der Waals surface area contributed by atoms with Crippen molar-refractivity contribution in [2.75, 3.05) is 13.7 Å². The maximum Gasteiger partial charge on any atom is 0.161 e. The normalized spacial score (nSPS) is 21.9. The Morgan fingerprint density at radius 2 is 2.06 bits per heavy atom. The molecule has 0 spiro atoms. The number of ketones is 1. The Balaban J connectivity index is 1.90. The number of phenols is 1. The number of ether oxygens (including phenoxy) is 2. The van der Waals surface area contributed by atoms with Crippen molar-refractivity contribution in [3.8, 4) is 11.5 Å². The van der Waals surface area contributed by atoms with Gasteiger partial charge >= 0.3 is 0 Å². The molecule has 1 saturated carbocycles. The quantitative estimate of drug-likeness (QED) is 0.244. The number of benzene rings is 1. The van der Waals surface area contributed by atoms with Crippen molar-refractivity contribution in [3.05, 3.63) is 47.6 Å². The van der Waals surface area contributed by atoms with E-state index in [1.807, 2.05) is 12.1 Å². The molecule has 0 amide bonds. The van der Waals surface area contributed by atoms with Crippen molar-refractivity contribution < 1.29 is 19.4 Å². The van der Waals surface area contributed by atoms with Gasteiger partial charge in [-0.3, -0.25) is 4.79 Å². The van der Waals surface area contributed by atoms with Gasteiger partial charge in [-0.25, -0.2) is 0 Å². The highest BCUT2D eigenvalue weighted by molar-refractivity contribution is 5.89. The molecule has 3 rings (SSSR count). The van der Waals surface area contributed by atoms with Crippen LogP contribution in [0.1, 0.15) is 95.1 Å². The minimum atomic E-state index is 0.154. The zero-order valence-electron chi connectivity index (χ0n) is 21.4. The van der Waals surface area contributed by atoms with Crippen LogP contribution >= 0.6 is 0 Å². The first-order chi connectivity index (χ1) is 16.5. The van der Waals surface area contributed by atoms with Crippen LogP contribution in [0.3, 0.4) is 0 Å². The van der Waals surface area contributed by atoms with E-state index in [0.717, 1.165) is 56.1 Å². The predicted octanol–water partition coefficient (Wildman–Crippen LogP) is 7.29. The van der Waals surface area contributed by atoms with E-state index in [-0.39, 0.29) is 23.6 Å². The van der Waals surface area contributed by atoms with E-state index < -0.39 is 0 Å². The summed E-state index contributed by atoms with van der Waals surface area (Å²) in [4.78, 5) is 12.4. The van der Waals surface area contributed by atoms with Gasteiger partial charge in [-0.1, -0.05) is 44.6 Å². The molecule has 4 heteroatoms. The number of hydrogen-bond donors (Lipinski definition) is 1. The SMILES string of the molecule is CCCC=CC(=O)CCc1cc(OC2CCCC2)c(O)c([C@H](CCOC)[C@H]2C=CC[C@@H](C)C2)c1. The fourth-order valence-electron chi connectivity index (χ4n) is 5.39. The Kier molecular flexibility index (Phi) is 10.7. The summed E-state index contributed by atoms with van der Waals surface area (Å²) in [6.45, 7) is 5.06. The molecule has 2 aliphatic carbocycles. The maximum atomic E-state index is 12.4. The lowest BCUT2D eigenvalue weighted by Gasteiger charge is -2.31. The summed E-state index contributed by atoms with van der Waals surface area (Å²) in [6, 6.07) is 4.08. The van der Waals surface area contributed by atoms with Crippen LogP contribution in [0.15, 0.2) is 36.4 Å². The highest BCUT2D eigenvalue weighted by atomic mass is 16.5. The van der Waals surface area contributed by atoms with Crippen LogP contribution in [0.4, 0.5) is 0 Å². The molecule has 1 aromatic carbocycles. The van der Waals surface area contributed by atoms with E-state index in [2.05, 4.69) is 32.1 Å². The largest absolute Gasteiger partial charge is 0.504 e. The second-order valence-corrected chi connectivity index (χ2v) is 10.3. The Bertz CT molecular complexity index is 834. The van der Waals surface area contributed by atoms with E-state index in [0.29, 0.717) is 37.0 Å². The molecule has 1 fully saturated rings. The second-order valence-electron chi connectivity index (χ2n) is 10.3. The number of methoxy groups -OCH3 is 1. The van der Waals surface area contributed by atoms with E-state index in [9.17, 15) is 9.90 Å². The molecular formula is C30H44O4. The van der Waals surface area contributed by atoms with Crippen molar-refractivity contribution in [3.63, 3.8) is 0 Å². The van der Waals surface area contributed by atoms with Gasteiger partial charge in [0, 0.05) is 25.7 Å². The van der Waals surface area contributed by atoms with Crippen LogP contribution in [-0.4, -0.2) is 30.7 Å². The average molecular weight is 469 g/mol. The van der Waals surface area contributed by atoms with Crippen LogP contribution in [0.5, 0.6) is 11.5 Å². The lowest BCUT2D eigenvalue weighted by Crippen LogP contribution is -2.19. The smallest absolute Gasteiger partial charge is 0.161 e. The number of carbonyl (C=O) groups is 1. The summed E-state index contributed by atoms with van der Waals surface area (Å²) in [7, 11) is 1.74. The van der Waals surface area contributed by atoms with Crippen LogP contribution in [0.25, 0.3) is 0 Å². The van der Waals surface area contributed by atoms with E-state index in [1.54, 1.807) is 13.2 Å². The zero-order chi connectivity index (χ0) is 24.3. The fourth-order valence-corrected chi connectivity index (χ4v) is 5.39. The Morgan fingerprint density at radius 3 is 2.76 bits per heavy atom. The summed E-state index contributed by atoms with van der Waals surface area (Å²) in [5.74, 6) is 2.16. The molecule has 0 aromatic heterocycles. The van der Waals surface area contributed by atoms with Gasteiger partial charge in [0.15, 0.2) is 17.3 Å². The lowest BCUT2D eigenvalue weighted by molar-refractivity contribution is -0.114. The van der Waals surface area contributed by atoms with E-state index in [1.165, 1.54) is 12.8 Å². The maximum absolute atomic E-state index is 12.4. The Hall–Kier alpha value is -2.07. The fraction of sp³-hybridized carbons (Fsp3) is 0.633. The highest BCUT2D eigenvalue weighted by Crippen LogP contribution is 2.45. The molecule has 188 valence electrons. The van der Waals surface area contributed by atoms with Gasteiger partial charge in [0.2, 0.25) is 0 Å². The Morgan fingerprint density at radius 1 is 1.26 bits per heavy atom. The van der Waals surface area contributed by atoms with Crippen molar-refractivity contribution in [1.82, 2.24) is 0 Å². The predicted molar refractivity (Wildman–Crippen MR) is 139 cm³/mol. The average Bonchev–Trinajstić information content (AvgIpc) is 3.34. The van der Waals surface area contributed by atoms with Gasteiger partial charge < -0.3 is 14.6 Å². The van der Waals surface area contributed by atoms with Crippen LogP contribution in [-0.2, 0) is 16.0 Å². The Labute approximate surface area is 206 Å². The molecule has 0 bridgehead atoms. The number of aromatic hydroxyl groups is 1. The number of aryl methyl sites for hydroxylation is 1. The van der Waals surface area contributed by atoms with Crippen molar-refractivity contribution >= 4 is 5.78 Å². The highest BCUT2D eigenvalue weighted by Gasteiger charge is 2.29. The minimum absolute atomic E-state index is 0.154. The second kappa shape index (κ2) is 13.7. The minimum Gasteiger partial charge on any atom is -0.504 e. The molecule has 1 aromatic rings. The van der Waals surface area contributed by atoms with Crippen molar-refractivity contribution in [2.24, 2.45) is 11.8 Å². The van der Waals surface area contributed by atoms with Crippen LogP contribution < -0.4 is 4.74 Å². The van der Waals surface area contributed by atoms with E-state index >= 15 is 0 Å². The third kappa shape index (κ3) is 7.73. The van der Waals surface area contributed by atoms with E-state index in [4.69, 9.17) is 9.47 Å². The zero-order valence-corrected chi connectivity index (χ0v) is 21.4. The molecule has 0 saturated heterocycles. The monoisotopic (exact) mass is 468 g/mol. The van der Waals surface area contributed by atoms with Crippen molar-refractivity contribution in [2.45, 2.75) is 96.5 Å². The van der Waals surface area contributed by atoms with Gasteiger partial charge in [0.1, 0.15) is 0 Å². The third-order valence-corrected chi connectivity index (χ3v) is 7.32. The van der Waals surface area contributed by atoms with Gasteiger partial charge in [0.05, 0.1) is 6.10 Å². The number of allylic oxidation sites excluding steroid dienone is 4.